The van der Waals surface area contributed by atoms with Gasteiger partial charge in [-0.3, -0.25) is 0 Å². The molecule has 0 aliphatic rings. The topological polar surface area (TPSA) is 105 Å². The molecule has 2 aromatic heterocycles. The summed E-state index contributed by atoms with van der Waals surface area (Å²) < 4.78 is 26.7. The Labute approximate surface area is 126 Å². The Balaban J connectivity index is 2.40. The standard InChI is InChI=1S/C14H13N3O4S/c1-2-10-13(22(20,21)9-6-4-3-5-7-9)14-15-11(18)8-12(19)17(14)16-10/h3-8,19H,2H2,1H3,(H,15,18). The smallest absolute Gasteiger partial charge is 0.219 e. The molecule has 0 saturated carbocycles. The van der Waals surface area contributed by atoms with Crippen LogP contribution in [0.4, 0.5) is 0 Å². The largest absolute Gasteiger partial charge is 0.493 e. The van der Waals surface area contributed by atoms with E-state index >= 15 is 0 Å². The summed E-state index contributed by atoms with van der Waals surface area (Å²) in [4.78, 5) is 3.81. The summed E-state index contributed by atoms with van der Waals surface area (Å²) in [6.45, 7) is 1.75. The molecule has 114 valence electrons. The number of benzene rings is 1. The molecule has 0 unspecified atom stereocenters. The van der Waals surface area contributed by atoms with E-state index in [9.17, 15) is 18.6 Å². The van der Waals surface area contributed by atoms with Crippen molar-refractivity contribution >= 4 is 15.5 Å². The van der Waals surface area contributed by atoms with Crippen LogP contribution >= 0.6 is 0 Å². The molecule has 7 nitrogen and oxygen atoms in total. The lowest BCUT2D eigenvalue weighted by atomic mass is 10.3. The molecule has 0 spiro atoms. The predicted octanol–water partition coefficient (Wildman–Crippen LogP) is 1.54. The number of nitrogens with zero attached hydrogens (tertiary/aromatic N) is 3. The highest BCUT2D eigenvalue weighted by atomic mass is 32.2. The van der Waals surface area contributed by atoms with Crippen LogP contribution < -0.4 is 0 Å². The van der Waals surface area contributed by atoms with Gasteiger partial charge in [0.25, 0.3) is 0 Å². The number of sulfone groups is 1. The molecule has 0 amide bonds. The summed E-state index contributed by atoms with van der Waals surface area (Å²) in [6, 6.07) is 8.89. The molecule has 1 aromatic carbocycles. The second-order valence-corrected chi connectivity index (χ2v) is 6.54. The Hall–Kier alpha value is -2.61. The van der Waals surface area contributed by atoms with E-state index in [1.54, 1.807) is 25.1 Å². The SMILES string of the molecule is CCc1nn2c(O)cc(O)nc2c1S(=O)(=O)c1ccccc1. The highest BCUT2D eigenvalue weighted by Gasteiger charge is 2.28. The molecule has 0 aliphatic carbocycles. The van der Waals surface area contributed by atoms with E-state index in [1.165, 1.54) is 12.1 Å². The van der Waals surface area contributed by atoms with Gasteiger partial charge in [-0.1, -0.05) is 25.1 Å². The quantitative estimate of drug-likeness (QED) is 0.758. The number of hydrogen-bond donors (Lipinski definition) is 2. The van der Waals surface area contributed by atoms with Gasteiger partial charge in [0.1, 0.15) is 4.90 Å². The molecule has 0 radical (unpaired) electrons. The Morgan fingerprint density at radius 2 is 1.86 bits per heavy atom. The minimum Gasteiger partial charge on any atom is -0.493 e. The van der Waals surface area contributed by atoms with Crippen LogP contribution in [0, 0.1) is 0 Å². The van der Waals surface area contributed by atoms with Gasteiger partial charge >= 0.3 is 0 Å². The third-order valence-electron chi connectivity index (χ3n) is 3.24. The van der Waals surface area contributed by atoms with E-state index in [2.05, 4.69) is 10.1 Å². The van der Waals surface area contributed by atoms with Crippen molar-refractivity contribution in [1.82, 2.24) is 14.6 Å². The fourth-order valence-corrected chi connectivity index (χ4v) is 3.86. The van der Waals surface area contributed by atoms with E-state index in [0.717, 1.165) is 10.6 Å². The lowest BCUT2D eigenvalue weighted by molar-refractivity contribution is 0.412. The van der Waals surface area contributed by atoms with Gasteiger partial charge < -0.3 is 10.2 Å². The van der Waals surface area contributed by atoms with Gasteiger partial charge in [-0.15, -0.1) is 0 Å². The Morgan fingerprint density at radius 1 is 1.18 bits per heavy atom. The number of rotatable bonds is 3. The molecule has 0 saturated heterocycles. The first-order valence-corrected chi connectivity index (χ1v) is 8.04. The predicted molar refractivity (Wildman–Crippen MR) is 77.6 cm³/mol. The molecule has 0 fully saturated rings. The molecule has 2 N–H and O–H groups in total. The monoisotopic (exact) mass is 319 g/mol. The maximum absolute atomic E-state index is 12.9. The van der Waals surface area contributed by atoms with Gasteiger partial charge in [0.15, 0.2) is 5.65 Å². The summed E-state index contributed by atoms with van der Waals surface area (Å²) in [5.74, 6) is -0.858. The lowest BCUT2D eigenvalue weighted by Gasteiger charge is -2.04. The summed E-state index contributed by atoms with van der Waals surface area (Å²) in [5, 5.41) is 23.5. The summed E-state index contributed by atoms with van der Waals surface area (Å²) in [7, 11) is -3.87. The molecule has 3 rings (SSSR count). The second-order valence-electron chi connectivity index (χ2n) is 4.65. The van der Waals surface area contributed by atoms with Crippen LogP contribution in [0.1, 0.15) is 12.6 Å². The number of hydrogen-bond acceptors (Lipinski definition) is 6. The van der Waals surface area contributed by atoms with Crippen LogP contribution in [0.25, 0.3) is 5.65 Å². The van der Waals surface area contributed by atoms with Gasteiger partial charge in [-0.2, -0.15) is 14.6 Å². The molecule has 0 aliphatic heterocycles. The van der Waals surface area contributed by atoms with Gasteiger partial charge in [0.05, 0.1) is 16.7 Å². The molecule has 0 atom stereocenters. The van der Waals surface area contributed by atoms with Crippen molar-refractivity contribution in [3.8, 4) is 11.8 Å². The molecular formula is C14H13N3O4S. The third kappa shape index (κ3) is 2.08. The maximum Gasteiger partial charge on any atom is 0.219 e. The van der Waals surface area contributed by atoms with Crippen molar-refractivity contribution < 1.29 is 18.6 Å². The van der Waals surface area contributed by atoms with E-state index in [1.807, 2.05) is 0 Å². The highest BCUT2D eigenvalue weighted by Crippen LogP contribution is 2.30. The Morgan fingerprint density at radius 3 is 2.50 bits per heavy atom. The zero-order valence-electron chi connectivity index (χ0n) is 11.6. The highest BCUT2D eigenvalue weighted by molar-refractivity contribution is 7.91. The molecule has 22 heavy (non-hydrogen) atoms. The van der Waals surface area contributed by atoms with Crippen LogP contribution in [0.5, 0.6) is 11.8 Å². The second kappa shape index (κ2) is 4.99. The van der Waals surface area contributed by atoms with Gasteiger partial charge in [-0.25, -0.2) is 8.42 Å². The summed E-state index contributed by atoms with van der Waals surface area (Å²) >= 11 is 0. The van der Waals surface area contributed by atoms with Crippen LogP contribution in [0.3, 0.4) is 0 Å². The van der Waals surface area contributed by atoms with E-state index in [-0.39, 0.29) is 27.0 Å². The summed E-state index contributed by atoms with van der Waals surface area (Å²) in [5.41, 5.74) is 0.176. The van der Waals surface area contributed by atoms with E-state index < -0.39 is 15.7 Å². The molecule has 3 aromatic rings. The first-order chi connectivity index (χ1) is 10.4. The summed E-state index contributed by atoms with van der Waals surface area (Å²) in [6.07, 6.45) is 0.338. The van der Waals surface area contributed by atoms with Gasteiger partial charge in [-0.05, 0) is 18.6 Å². The molecule has 0 bridgehead atoms. The van der Waals surface area contributed by atoms with Crippen molar-refractivity contribution in [1.29, 1.82) is 0 Å². The van der Waals surface area contributed by atoms with Crippen molar-refractivity contribution in [2.75, 3.05) is 0 Å². The Bertz CT molecular complexity index is 949. The van der Waals surface area contributed by atoms with Crippen LogP contribution in [-0.4, -0.2) is 33.2 Å². The van der Waals surface area contributed by atoms with Crippen LogP contribution in [-0.2, 0) is 16.3 Å². The van der Waals surface area contributed by atoms with Crippen LogP contribution in [0.2, 0.25) is 0 Å². The van der Waals surface area contributed by atoms with Gasteiger partial charge in [0.2, 0.25) is 21.6 Å². The molecule has 8 heteroatoms. The lowest BCUT2D eigenvalue weighted by Crippen LogP contribution is -2.05. The number of aromatic nitrogens is 3. The number of aromatic hydroxyl groups is 2. The van der Waals surface area contributed by atoms with Crippen molar-refractivity contribution in [3.05, 3.63) is 42.1 Å². The molecular weight excluding hydrogens is 306 g/mol. The van der Waals surface area contributed by atoms with E-state index in [4.69, 9.17) is 0 Å². The van der Waals surface area contributed by atoms with Crippen molar-refractivity contribution in [2.24, 2.45) is 0 Å². The van der Waals surface area contributed by atoms with E-state index in [0.29, 0.717) is 6.42 Å². The average Bonchev–Trinajstić information content (AvgIpc) is 2.87. The van der Waals surface area contributed by atoms with Crippen molar-refractivity contribution in [2.45, 2.75) is 23.1 Å². The Kier molecular flexibility index (Phi) is 3.25. The average molecular weight is 319 g/mol. The number of aryl methyl sites for hydroxylation is 1. The third-order valence-corrected chi connectivity index (χ3v) is 5.09. The zero-order valence-corrected chi connectivity index (χ0v) is 12.4. The number of fused-ring (bicyclic) bond motifs is 1. The fourth-order valence-electron chi connectivity index (χ4n) is 2.24. The minimum atomic E-state index is -3.87. The first kappa shape index (κ1) is 14.3. The van der Waals surface area contributed by atoms with Crippen LogP contribution in [0.15, 0.2) is 46.2 Å². The maximum atomic E-state index is 12.9. The first-order valence-electron chi connectivity index (χ1n) is 6.56. The van der Waals surface area contributed by atoms with Gasteiger partial charge in [0, 0.05) is 0 Å². The normalized spacial score (nSPS) is 11.9. The van der Waals surface area contributed by atoms with Crippen molar-refractivity contribution in [3.63, 3.8) is 0 Å². The fraction of sp³-hybridized carbons (Fsp3) is 0.143. The molecule has 2 heterocycles. The zero-order chi connectivity index (χ0) is 15.9. The minimum absolute atomic E-state index is 0.0989.